The normalized spacial score (nSPS) is 14.0. The van der Waals surface area contributed by atoms with E-state index in [2.05, 4.69) is 25.2 Å². The highest BCUT2D eigenvalue weighted by Crippen LogP contribution is 2.17. The molecule has 1 aromatic carbocycles. The zero-order chi connectivity index (χ0) is 18.4. The van der Waals surface area contributed by atoms with Crippen LogP contribution in [0, 0.1) is 5.82 Å². The quantitative estimate of drug-likeness (QED) is 0.796. The average Bonchev–Trinajstić information content (AvgIpc) is 3.20. The van der Waals surface area contributed by atoms with Crippen molar-refractivity contribution in [3.8, 4) is 6.01 Å². The Hall–Kier alpha value is -3.03. The van der Waals surface area contributed by atoms with Crippen LogP contribution < -0.4 is 15.0 Å². The number of hydrogen-bond donors (Lipinski definition) is 1. The van der Waals surface area contributed by atoms with Gasteiger partial charge < -0.3 is 15.0 Å². The Bertz CT molecular complexity index is 806. The number of nitrogens with zero attached hydrogens (tertiary/aromatic N) is 4. The zero-order valence-corrected chi connectivity index (χ0v) is 14.5. The van der Waals surface area contributed by atoms with Gasteiger partial charge in [0.15, 0.2) is 5.82 Å². The average molecular weight is 357 g/mol. The highest BCUT2D eigenvalue weighted by Gasteiger charge is 2.17. The third-order valence-electron chi connectivity index (χ3n) is 3.96. The molecule has 2 aromatic rings. The number of ether oxygens (including phenoxy) is 1. The van der Waals surface area contributed by atoms with Crippen LogP contribution in [0.25, 0.3) is 6.08 Å². The van der Waals surface area contributed by atoms with Crippen molar-refractivity contribution in [3.63, 3.8) is 0 Å². The molecule has 1 fully saturated rings. The van der Waals surface area contributed by atoms with Crippen molar-refractivity contribution in [2.45, 2.75) is 19.4 Å². The Kier molecular flexibility index (Phi) is 5.73. The zero-order valence-electron chi connectivity index (χ0n) is 14.5. The predicted octanol–water partition coefficient (Wildman–Crippen LogP) is 1.95. The van der Waals surface area contributed by atoms with E-state index < -0.39 is 0 Å². The van der Waals surface area contributed by atoms with Gasteiger partial charge in [-0.25, -0.2) is 4.39 Å². The topological polar surface area (TPSA) is 80.2 Å². The summed E-state index contributed by atoms with van der Waals surface area (Å²) in [4.78, 5) is 26.8. The first-order valence-corrected chi connectivity index (χ1v) is 8.40. The lowest BCUT2D eigenvalue weighted by atomic mass is 10.2. The second-order valence-electron chi connectivity index (χ2n) is 5.81. The van der Waals surface area contributed by atoms with Gasteiger partial charge in [0, 0.05) is 24.7 Å². The minimum atomic E-state index is -0.381. The summed E-state index contributed by atoms with van der Waals surface area (Å²) in [5.74, 6) is 0.219. The van der Waals surface area contributed by atoms with Gasteiger partial charge in [-0.15, -0.1) is 0 Å². The Morgan fingerprint density at radius 1 is 1.27 bits per heavy atom. The lowest BCUT2D eigenvalue weighted by Crippen LogP contribution is -2.25. The number of carbonyl (C=O) groups excluding carboxylic acids is 1. The van der Waals surface area contributed by atoms with Crippen LogP contribution in [0.2, 0.25) is 0 Å². The maximum Gasteiger partial charge on any atom is 0.321 e. The summed E-state index contributed by atoms with van der Waals surface area (Å²) in [6.07, 6.45) is 4.90. The van der Waals surface area contributed by atoms with Gasteiger partial charge in [-0.3, -0.25) is 4.79 Å². The van der Waals surface area contributed by atoms with Gasteiger partial charge in [-0.2, -0.15) is 15.0 Å². The van der Waals surface area contributed by atoms with E-state index >= 15 is 0 Å². The molecule has 1 aliphatic heterocycles. The smallest absolute Gasteiger partial charge is 0.321 e. The van der Waals surface area contributed by atoms with Crippen molar-refractivity contribution in [1.82, 2.24) is 20.3 Å². The second kappa shape index (κ2) is 8.37. The molecule has 3 rings (SSSR count). The van der Waals surface area contributed by atoms with Crippen LogP contribution in [-0.4, -0.2) is 41.1 Å². The standard InChI is InChI=1S/C18H20FN5O2/c1-26-18-22-15(21-17(23-18)24-10-4-5-11-24)12-20-16(25)9-8-13-6-2-3-7-14(13)19/h2-3,6-9H,4-5,10-12H2,1H3,(H,20,25)/b9-8+. The molecule has 136 valence electrons. The molecule has 0 unspecified atom stereocenters. The minimum absolute atomic E-state index is 0.125. The summed E-state index contributed by atoms with van der Waals surface area (Å²) in [6.45, 7) is 1.91. The molecular formula is C18H20FN5O2. The molecule has 0 atom stereocenters. The first-order valence-electron chi connectivity index (χ1n) is 8.40. The molecule has 2 heterocycles. The first-order chi connectivity index (χ1) is 12.7. The van der Waals surface area contributed by atoms with Crippen molar-refractivity contribution in [2.75, 3.05) is 25.1 Å². The van der Waals surface area contributed by atoms with E-state index in [0.29, 0.717) is 17.3 Å². The molecule has 0 saturated carbocycles. The maximum absolute atomic E-state index is 13.5. The van der Waals surface area contributed by atoms with E-state index in [1.807, 2.05) is 0 Å². The van der Waals surface area contributed by atoms with Crippen molar-refractivity contribution < 1.29 is 13.9 Å². The highest BCUT2D eigenvalue weighted by atomic mass is 19.1. The molecule has 1 amide bonds. The fourth-order valence-corrected chi connectivity index (χ4v) is 2.62. The Morgan fingerprint density at radius 3 is 2.77 bits per heavy atom. The molecule has 0 bridgehead atoms. The van der Waals surface area contributed by atoms with Gasteiger partial charge in [-0.05, 0) is 25.0 Å². The summed E-state index contributed by atoms with van der Waals surface area (Å²) >= 11 is 0. The number of halogens is 1. The number of nitrogens with one attached hydrogen (secondary N) is 1. The van der Waals surface area contributed by atoms with Crippen molar-refractivity contribution in [3.05, 3.63) is 47.5 Å². The number of amides is 1. The molecule has 8 heteroatoms. The molecule has 0 radical (unpaired) electrons. The molecule has 1 aliphatic rings. The number of anilines is 1. The lowest BCUT2D eigenvalue weighted by molar-refractivity contribution is -0.116. The van der Waals surface area contributed by atoms with Crippen LogP contribution in [0.4, 0.5) is 10.3 Å². The third kappa shape index (κ3) is 4.53. The molecule has 1 N–H and O–H groups in total. The maximum atomic E-state index is 13.5. The van der Waals surface area contributed by atoms with Gasteiger partial charge in [-0.1, -0.05) is 18.2 Å². The summed E-state index contributed by atoms with van der Waals surface area (Å²) in [5, 5.41) is 2.68. The molecular weight excluding hydrogens is 337 g/mol. The van der Waals surface area contributed by atoms with Crippen LogP contribution in [0.1, 0.15) is 24.2 Å². The fraction of sp³-hybridized carbons (Fsp3) is 0.333. The Morgan fingerprint density at radius 2 is 2.04 bits per heavy atom. The first kappa shape index (κ1) is 17.8. The van der Waals surface area contributed by atoms with E-state index in [-0.39, 0.29) is 24.3 Å². The molecule has 0 spiro atoms. The van der Waals surface area contributed by atoms with Gasteiger partial charge >= 0.3 is 6.01 Å². The van der Waals surface area contributed by atoms with E-state index in [9.17, 15) is 9.18 Å². The van der Waals surface area contributed by atoms with E-state index in [4.69, 9.17) is 4.74 Å². The SMILES string of the molecule is COc1nc(CNC(=O)/C=C/c2ccccc2F)nc(N2CCCC2)n1. The largest absolute Gasteiger partial charge is 0.467 e. The number of methoxy groups -OCH3 is 1. The number of hydrogen-bond acceptors (Lipinski definition) is 6. The highest BCUT2D eigenvalue weighted by molar-refractivity contribution is 5.91. The minimum Gasteiger partial charge on any atom is -0.467 e. The van der Waals surface area contributed by atoms with E-state index in [1.165, 1.54) is 25.3 Å². The second-order valence-corrected chi connectivity index (χ2v) is 5.81. The number of rotatable bonds is 6. The fourth-order valence-electron chi connectivity index (χ4n) is 2.62. The number of aromatic nitrogens is 3. The van der Waals surface area contributed by atoms with Crippen LogP contribution in [0.5, 0.6) is 6.01 Å². The van der Waals surface area contributed by atoms with Gasteiger partial charge in [0.25, 0.3) is 0 Å². The number of carbonyl (C=O) groups is 1. The number of benzene rings is 1. The summed E-state index contributed by atoms with van der Waals surface area (Å²) < 4.78 is 18.7. The van der Waals surface area contributed by atoms with Crippen molar-refractivity contribution in [1.29, 1.82) is 0 Å². The van der Waals surface area contributed by atoms with Crippen LogP contribution >= 0.6 is 0 Å². The lowest BCUT2D eigenvalue weighted by Gasteiger charge is -2.16. The van der Waals surface area contributed by atoms with Crippen LogP contribution in [0.3, 0.4) is 0 Å². The molecule has 0 aliphatic carbocycles. The Balaban J connectivity index is 1.64. The van der Waals surface area contributed by atoms with Crippen molar-refractivity contribution >= 4 is 17.9 Å². The van der Waals surface area contributed by atoms with Crippen molar-refractivity contribution in [2.24, 2.45) is 0 Å². The molecule has 1 saturated heterocycles. The predicted molar refractivity (Wildman–Crippen MR) is 95.1 cm³/mol. The summed E-state index contributed by atoms with van der Waals surface area (Å²) in [5.41, 5.74) is 0.348. The summed E-state index contributed by atoms with van der Waals surface area (Å²) in [7, 11) is 1.49. The van der Waals surface area contributed by atoms with Crippen LogP contribution in [-0.2, 0) is 11.3 Å². The molecule has 7 nitrogen and oxygen atoms in total. The molecule has 1 aromatic heterocycles. The van der Waals surface area contributed by atoms with E-state index in [0.717, 1.165) is 25.9 Å². The van der Waals surface area contributed by atoms with Gasteiger partial charge in [0.1, 0.15) is 5.82 Å². The summed E-state index contributed by atoms with van der Waals surface area (Å²) in [6, 6.07) is 6.46. The monoisotopic (exact) mass is 357 g/mol. The third-order valence-corrected chi connectivity index (χ3v) is 3.96. The Labute approximate surface area is 150 Å². The molecule has 26 heavy (non-hydrogen) atoms. The van der Waals surface area contributed by atoms with Crippen LogP contribution in [0.15, 0.2) is 30.3 Å². The van der Waals surface area contributed by atoms with Gasteiger partial charge in [0.2, 0.25) is 11.9 Å². The van der Waals surface area contributed by atoms with Gasteiger partial charge in [0.05, 0.1) is 13.7 Å². The van der Waals surface area contributed by atoms with E-state index in [1.54, 1.807) is 18.2 Å².